The molecule has 10 nitrogen and oxygen atoms in total. The van der Waals surface area contributed by atoms with Gasteiger partial charge in [-0.2, -0.15) is 9.61 Å². The number of aromatic nitrogens is 8. The van der Waals surface area contributed by atoms with Crippen LogP contribution in [0.4, 0.5) is 0 Å². The number of pyridine rings is 1. The molecule has 0 bridgehead atoms. The molecule has 0 unspecified atom stereocenters. The zero-order valence-corrected chi connectivity index (χ0v) is 20.8. The largest absolute Gasteiger partial charge is 0.309 e. The van der Waals surface area contributed by atoms with Gasteiger partial charge in [-0.3, -0.25) is 14.0 Å². The number of aryl methyl sites for hydroxylation is 3. The molecule has 12 heteroatoms. The fourth-order valence-electron chi connectivity index (χ4n) is 3.68. The van der Waals surface area contributed by atoms with Crippen molar-refractivity contribution in [3.05, 3.63) is 78.5 Å². The normalized spacial score (nSPS) is 11.6. The lowest BCUT2D eigenvalue weighted by Crippen LogP contribution is -2.23. The summed E-state index contributed by atoms with van der Waals surface area (Å²) in [4.78, 5) is 35.3. The Kier molecular flexibility index (Phi) is 5.78. The zero-order chi connectivity index (χ0) is 24.0. The van der Waals surface area contributed by atoms with Crippen LogP contribution in [0.15, 0.2) is 39.1 Å². The summed E-state index contributed by atoms with van der Waals surface area (Å²) in [6.07, 6.45) is 2.82. The smallest absolute Gasteiger partial charge is 0.275 e. The van der Waals surface area contributed by atoms with Gasteiger partial charge >= 0.3 is 0 Å². The van der Waals surface area contributed by atoms with E-state index >= 15 is 0 Å². The molecule has 0 saturated carbocycles. The van der Waals surface area contributed by atoms with Gasteiger partial charge in [-0.15, -0.1) is 10.2 Å². The molecular weight excluding hydrogens is 472 g/mol. The van der Waals surface area contributed by atoms with Crippen LogP contribution in [0.25, 0.3) is 10.6 Å². The van der Waals surface area contributed by atoms with Gasteiger partial charge < -0.3 is 4.57 Å². The maximum Gasteiger partial charge on any atom is 0.275 e. The molecular formula is C22H22N8O2S2. The molecule has 0 radical (unpaired) electrons. The highest BCUT2D eigenvalue weighted by Gasteiger charge is 2.17. The van der Waals surface area contributed by atoms with Gasteiger partial charge in [0, 0.05) is 42.7 Å². The van der Waals surface area contributed by atoms with E-state index in [4.69, 9.17) is 0 Å². The Balaban J connectivity index is 1.39. The maximum absolute atomic E-state index is 13.1. The van der Waals surface area contributed by atoms with Crippen molar-refractivity contribution in [2.75, 3.05) is 0 Å². The fraction of sp³-hybridized carbons (Fsp3) is 0.318. The third-order valence-corrected chi connectivity index (χ3v) is 7.71. The van der Waals surface area contributed by atoms with E-state index in [1.807, 2.05) is 44.5 Å². The number of nitrogens with zero attached hydrogens (tertiary/aromatic N) is 8. The molecule has 5 aromatic rings. The summed E-state index contributed by atoms with van der Waals surface area (Å²) in [5, 5.41) is 14.4. The molecule has 5 aromatic heterocycles. The van der Waals surface area contributed by atoms with Crippen LogP contribution in [0.3, 0.4) is 0 Å². The van der Waals surface area contributed by atoms with Gasteiger partial charge in [0.2, 0.25) is 4.96 Å². The summed E-state index contributed by atoms with van der Waals surface area (Å²) in [6, 6.07) is 5.28. The van der Waals surface area contributed by atoms with Gasteiger partial charge in [0.05, 0.1) is 5.69 Å². The van der Waals surface area contributed by atoms with Crippen molar-refractivity contribution in [1.29, 1.82) is 0 Å². The highest BCUT2D eigenvalue weighted by molar-refractivity contribution is 7.98. The molecule has 0 saturated heterocycles. The maximum atomic E-state index is 13.1. The second kappa shape index (κ2) is 8.76. The molecule has 0 spiro atoms. The average molecular weight is 495 g/mol. The number of fused-ring (bicyclic) bond motifs is 2. The lowest BCUT2D eigenvalue weighted by molar-refractivity contribution is 0.743. The van der Waals surface area contributed by atoms with Gasteiger partial charge in [-0.1, -0.05) is 36.1 Å². The Labute approximate surface area is 202 Å². The summed E-state index contributed by atoms with van der Waals surface area (Å²) in [6.45, 7) is 5.78. The van der Waals surface area contributed by atoms with Crippen molar-refractivity contribution >= 4 is 33.7 Å². The van der Waals surface area contributed by atoms with E-state index < -0.39 is 0 Å². The Morgan fingerprint density at radius 2 is 1.97 bits per heavy atom. The number of rotatable bonds is 6. The van der Waals surface area contributed by atoms with Crippen LogP contribution >= 0.6 is 23.1 Å². The molecule has 0 N–H and O–H groups in total. The minimum Gasteiger partial charge on any atom is -0.309 e. The van der Waals surface area contributed by atoms with Crippen LogP contribution in [-0.4, -0.2) is 38.7 Å². The van der Waals surface area contributed by atoms with Crippen molar-refractivity contribution in [1.82, 2.24) is 38.7 Å². The molecule has 0 aromatic carbocycles. The highest BCUT2D eigenvalue weighted by atomic mass is 32.2. The van der Waals surface area contributed by atoms with Crippen molar-refractivity contribution < 1.29 is 0 Å². The van der Waals surface area contributed by atoms with Gasteiger partial charge in [-0.05, 0) is 31.9 Å². The van der Waals surface area contributed by atoms with E-state index in [-0.39, 0.29) is 11.1 Å². The summed E-state index contributed by atoms with van der Waals surface area (Å²) in [5.74, 6) is 1.13. The van der Waals surface area contributed by atoms with Crippen molar-refractivity contribution in [3.63, 3.8) is 0 Å². The zero-order valence-electron chi connectivity index (χ0n) is 19.1. The van der Waals surface area contributed by atoms with Crippen LogP contribution in [0.2, 0.25) is 0 Å². The Morgan fingerprint density at radius 1 is 1.15 bits per heavy atom. The first kappa shape index (κ1) is 22.4. The van der Waals surface area contributed by atoms with Gasteiger partial charge in [0.25, 0.3) is 11.1 Å². The van der Waals surface area contributed by atoms with Crippen molar-refractivity contribution in [2.24, 2.45) is 7.05 Å². The molecule has 0 aliphatic rings. The van der Waals surface area contributed by atoms with Crippen molar-refractivity contribution in [3.8, 4) is 0 Å². The Bertz CT molecular complexity index is 1660. The molecule has 34 heavy (non-hydrogen) atoms. The second-order valence-corrected chi connectivity index (χ2v) is 9.90. The summed E-state index contributed by atoms with van der Waals surface area (Å²) in [7, 11) is 1.87. The first-order chi connectivity index (χ1) is 16.4. The molecule has 174 valence electrons. The molecule has 0 aliphatic carbocycles. The standard InChI is InChI=1S/C22H22N8O2S2/c1-5-17-27-30-18(31)9-14(24-21(30)34-17)11-33-22-26-25-16(28(22)4)10-15-13(3)23-19-12(2)7-6-8-29(19)20(15)32/h6-9H,5,10-11H2,1-4H3. The average Bonchev–Trinajstić information content (AvgIpc) is 3.39. The topological polar surface area (TPSA) is 112 Å². The van der Waals surface area contributed by atoms with Crippen LogP contribution in [-0.2, 0) is 25.6 Å². The number of hydrogen-bond donors (Lipinski definition) is 0. The fourth-order valence-corrected chi connectivity index (χ4v) is 5.36. The second-order valence-electron chi connectivity index (χ2n) is 7.92. The number of thioether (sulfide) groups is 1. The van der Waals surface area contributed by atoms with Gasteiger partial charge in [0.15, 0.2) is 5.16 Å². The predicted molar refractivity (Wildman–Crippen MR) is 131 cm³/mol. The van der Waals surface area contributed by atoms with E-state index in [0.29, 0.717) is 50.7 Å². The monoisotopic (exact) mass is 494 g/mol. The third kappa shape index (κ3) is 3.92. The SMILES string of the molecule is CCc1nn2c(=O)cc(CSc3nnc(Cc4c(C)nc5c(C)cccn5c4=O)n3C)nc2s1. The summed E-state index contributed by atoms with van der Waals surface area (Å²) < 4.78 is 4.79. The minimum atomic E-state index is -0.190. The van der Waals surface area contributed by atoms with Gasteiger partial charge in [-0.25, -0.2) is 9.97 Å². The third-order valence-electron chi connectivity index (χ3n) is 5.60. The first-order valence-electron chi connectivity index (χ1n) is 10.7. The lowest BCUT2D eigenvalue weighted by atomic mass is 10.1. The Hall–Kier alpha value is -3.38. The van der Waals surface area contributed by atoms with Crippen molar-refractivity contribution in [2.45, 2.75) is 44.5 Å². The lowest BCUT2D eigenvalue weighted by Gasteiger charge is -2.09. The van der Waals surface area contributed by atoms with Gasteiger partial charge in [0.1, 0.15) is 16.5 Å². The minimum absolute atomic E-state index is 0.0996. The predicted octanol–water partition coefficient (Wildman–Crippen LogP) is 2.35. The molecule has 5 heterocycles. The first-order valence-corrected chi connectivity index (χ1v) is 12.5. The molecule has 0 amide bonds. The quantitative estimate of drug-likeness (QED) is 0.331. The highest BCUT2D eigenvalue weighted by Crippen LogP contribution is 2.22. The molecule has 0 atom stereocenters. The summed E-state index contributed by atoms with van der Waals surface area (Å²) >= 11 is 2.86. The van der Waals surface area contributed by atoms with E-state index in [9.17, 15) is 9.59 Å². The van der Waals surface area contributed by atoms with E-state index in [2.05, 4.69) is 25.3 Å². The van der Waals surface area contributed by atoms with Crippen LogP contribution in [0, 0.1) is 13.8 Å². The van der Waals surface area contributed by atoms with E-state index in [1.54, 1.807) is 10.6 Å². The number of hydrogen-bond acceptors (Lipinski definition) is 9. The van der Waals surface area contributed by atoms with Crippen LogP contribution < -0.4 is 11.1 Å². The van der Waals surface area contributed by atoms with Crippen LogP contribution in [0.5, 0.6) is 0 Å². The molecule has 0 fully saturated rings. The Morgan fingerprint density at radius 3 is 2.76 bits per heavy atom. The summed E-state index contributed by atoms with van der Waals surface area (Å²) in [5.41, 5.74) is 3.26. The molecule has 5 rings (SSSR count). The van der Waals surface area contributed by atoms with Crippen LogP contribution in [0.1, 0.15) is 40.3 Å². The van der Waals surface area contributed by atoms with E-state index in [1.165, 1.54) is 33.7 Å². The molecule has 0 aliphatic heterocycles. The van der Waals surface area contributed by atoms with E-state index in [0.717, 1.165) is 17.0 Å².